The fraction of sp³-hybridized carbons (Fsp3) is 0.350. The van der Waals surface area contributed by atoms with E-state index in [1.807, 2.05) is 24.1 Å². The Morgan fingerprint density at radius 1 is 1.12 bits per heavy atom. The number of carbonyl (C=O) groups is 1. The molecule has 0 aromatic heterocycles. The van der Waals surface area contributed by atoms with E-state index in [-0.39, 0.29) is 24.4 Å². The maximum absolute atomic E-state index is 13.1. The normalized spacial score (nSPS) is 18.0. The molecule has 1 N–H and O–H groups in total. The lowest BCUT2D eigenvalue weighted by molar-refractivity contribution is 0.0729. The molecule has 1 atom stereocenters. The van der Waals surface area contributed by atoms with Crippen LogP contribution in [0.2, 0.25) is 0 Å². The fourth-order valence-corrected chi connectivity index (χ4v) is 3.98. The van der Waals surface area contributed by atoms with E-state index < -0.39 is 0 Å². The van der Waals surface area contributed by atoms with Gasteiger partial charge in [0, 0.05) is 24.8 Å². The number of halogens is 1. The van der Waals surface area contributed by atoms with Crippen LogP contribution in [-0.4, -0.2) is 24.4 Å². The number of amides is 1. The van der Waals surface area contributed by atoms with Gasteiger partial charge in [-0.15, -0.1) is 12.4 Å². The van der Waals surface area contributed by atoms with Gasteiger partial charge in [0.1, 0.15) is 0 Å². The van der Waals surface area contributed by atoms with Crippen molar-refractivity contribution in [2.24, 2.45) is 0 Å². The molecule has 2 aromatic carbocycles. The summed E-state index contributed by atoms with van der Waals surface area (Å²) >= 11 is 0. The molecule has 1 unspecified atom stereocenters. The van der Waals surface area contributed by atoms with Crippen LogP contribution in [0.1, 0.15) is 45.9 Å². The molecule has 1 aliphatic heterocycles. The first-order chi connectivity index (χ1) is 11.3. The third kappa shape index (κ3) is 2.78. The smallest absolute Gasteiger partial charge is 0.254 e. The first-order valence-electron chi connectivity index (χ1n) is 8.46. The van der Waals surface area contributed by atoms with Crippen molar-refractivity contribution >= 4 is 24.0 Å². The highest BCUT2D eigenvalue weighted by Gasteiger charge is 2.30. The second kappa shape index (κ2) is 6.86. The van der Waals surface area contributed by atoms with E-state index in [0.717, 1.165) is 43.5 Å². The van der Waals surface area contributed by atoms with Crippen molar-refractivity contribution in [1.82, 2.24) is 4.90 Å². The number of benzene rings is 2. The molecule has 1 aliphatic carbocycles. The molecule has 2 aliphatic rings. The van der Waals surface area contributed by atoms with E-state index in [0.29, 0.717) is 0 Å². The second-order valence-electron chi connectivity index (χ2n) is 6.53. The minimum absolute atomic E-state index is 0. The van der Waals surface area contributed by atoms with Gasteiger partial charge in [0.2, 0.25) is 0 Å². The third-order valence-corrected chi connectivity index (χ3v) is 5.21. The zero-order chi connectivity index (χ0) is 15.8. The SMILES string of the molecule is CN(C(=O)c1cccc2c1CCCN2)C1CCc2ccccc21.Cl. The molecule has 1 heterocycles. The molecule has 4 heteroatoms. The van der Waals surface area contributed by atoms with Crippen LogP contribution in [0.15, 0.2) is 42.5 Å². The summed E-state index contributed by atoms with van der Waals surface area (Å²) in [5, 5.41) is 3.41. The quantitative estimate of drug-likeness (QED) is 0.886. The van der Waals surface area contributed by atoms with Crippen LogP contribution in [0.3, 0.4) is 0 Å². The minimum Gasteiger partial charge on any atom is -0.385 e. The summed E-state index contributed by atoms with van der Waals surface area (Å²) in [7, 11) is 1.95. The van der Waals surface area contributed by atoms with Crippen molar-refractivity contribution < 1.29 is 4.79 Å². The van der Waals surface area contributed by atoms with Gasteiger partial charge in [-0.05, 0) is 54.5 Å². The van der Waals surface area contributed by atoms with E-state index in [1.165, 1.54) is 16.7 Å². The number of rotatable bonds is 2. The Labute approximate surface area is 149 Å². The predicted molar refractivity (Wildman–Crippen MR) is 100 cm³/mol. The molecule has 126 valence electrons. The van der Waals surface area contributed by atoms with Crippen LogP contribution >= 0.6 is 12.4 Å². The Morgan fingerprint density at radius 3 is 2.83 bits per heavy atom. The second-order valence-corrected chi connectivity index (χ2v) is 6.53. The van der Waals surface area contributed by atoms with Crippen molar-refractivity contribution in [1.29, 1.82) is 0 Å². The molecule has 0 saturated heterocycles. The number of hydrogen-bond donors (Lipinski definition) is 1. The molecule has 1 amide bonds. The zero-order valence-corrected chi connectivity index (χ0v) is 14.7. The highest BCUT2D eigenvalue weighted by molar-refractivity contribution is 5.97. The van der Waals surface area contributed by atoms with Gasteiger partial charge in [0.15, 0.2) is 0 Å². The largest absolute Gasteiger partial charge is 0.385 e. The summed E-state index contributed by atoms with van der Waals surface area (Å²) < 4.78 is 0. The third-order valence-electron chi connectivity index (χ3n) is 5.21. The highest BCUT2D eigenvalue weighted by atomic mass is 35.5. The number of nitrogens with one attached hydrogen (secondary N) is 1. The summed E-state index contributed by atoms with van der Waals surface area (Å²) in [6, 6.07) is 14.8. The zero-order valence-electron chi connectivity index (χ0n) is 13.9. The Bertz CT molecular complexity index is 759. The standard InChI is InChI=1S/C20H22N2O.ClH/c1-22(19-12-11-14-6-2-3-7-15(14)19)20(23)17-8-4-10-18-16(17)9-5-13-21-18;/h2-4,6-8,10,19,21H,5,9,11-13H2,1H3;1H. The molecule has 0 saturated carbocycles. The lowest BCUT2D eigenvalue weighted by Crippen LogP contribution is -2.31. The molecule has 4 rings (SSSR count). The van der Waals surface area contributed by atoms with Crippen molar-refractivity contribution in [3.8, 4) is 0 Å². The number of fused-ring (bicyclic) bond motifs is 2. The topological polar surface area (TPSA) is 32.3 Å². The fourth-order valence-electron chi connectivity index (χ4n) is 3.98. The van der Waals surface area contributed by atoms with Crippen LogP contribution in [-0.2, 0) is 12.8 Å². The van der Waals surface area contributed by atoms with Crippen LogP contribution in [0.25, 0.3) is 0 Å². The first kappa shape index (κ1) is 16.8. The molecule has 3 nitrogen and oxygen atoms in total. The van der Waals surface area contributed by atoms with Crippen LogP contribution in [0.5, 0.6) is 0 Å². The maximum Gasteiger partial charge on any atom is 0.254 e. The predicted octanol–water partition coefficient (Wildman–Crippen LogP) is 4.23. The lowest BCUT2D eigenvalue weighted by atomic mass is 9.96. The van der Waals surface area contributed by atoms with E-state index in [1.54, 1.807) is 0 Å². The average Bonchev–Trinajstić information content (AvgIpc) is 3.04. The summed E-state index contributed by atoms with van der Waals surface area (Å²) in [5.74, 6) is 0.146. The molecular formula is C20H23ClN2O. The van der Waals surface area contributed by atoms with E-state index in [9.17, 15) is 4.79 Å². The first-order valence-corrected chi connectivity index (χ1v) is 8.46. The van der Waals surface area contributed by atoms with Crippen LogP contribution in [0.4, 0.5) is 5.69 Å². The number of nitrogens with zero attached hydrogens (tertiary/aromatic N) is 1. The maximum atomic E-state index is 13.1. The van der Waals surface area contributed by atoms with E-state index in [4.69, 9.17) is 0 Å². The van der Waals surface area contributed by atoms with Gasteiger partial charge in [-0.1, -0.05) is 30.3 Å². The lowest BCUT2D eigenvalue weighted by Gasteiger charge is -2.28. The molecule has 0 bridgehead atoms. The molecular weight excluding hydrogens is 320 g/mol. The Morgan fingerprint density at radius 2 is 1.96 bits per heavy atom. The Hall–Kier alpha value is -2.00. The average molecular weight is 343 g/mol. The van der Waals surface area contributed by atoms with E-state index >= 15 is 0 Å². The van der Waals surface area contributed by atoms with Crippen molar-refractivity contribution in [2.75, 3.05) is 18.9 Å². The van der Waals surface area contributed by atoms with E-state index in [2.05, 4.69) is 35.6 Å². The molecule has 0 spiro atoms. The van der Waals surface area contributed by atoms with Crippen molar-refractivity contribution in [3.63, 3.8) is 0 Å². The van der Waals surface area contributed by atoms with Gasteiger partial charge in [-0.2, -0.15) is 0 Å². The summed E-state index contributed by atoms with van der Waals surface area (Å²) in [6.07, 6.45) is 4.16. The molecule has 2 aromatic rings. The van der Waals surface area contributed by atoms with Gasteiger partial charge in [-0.3, -0.25) is 4.79 Å². The van der Waals surface area contributed by atoms with Gasteiger partial charge >= 0.3 is 0 Å². The van der Waals surface area contributed by atoms with Gasteiger partial charge in [-0.25, -0.2) is 0 Å². The van der Waals surface area contributed by atoms with Gasteiger partial charge < -0.3 is 10.2 Å². The van der Waals surface area contributed by atoms with Crippen LogP contribution in [0, 0.1) is 0 Å². The summed E-state index contributed by atoms with van der Waals surface area (Å²) in [6.45, 7) is 0.997. The monoisotopic (exact) mass is 342 g/mol. The number of aryl methyl sites for hydroxylation is 1. The number of hydrogen-bond acceptors (Lipinski definition) is 2. The summed E-state index contributed by atoms with van der Waals surface area (Å²) in [4.78, 5) is 15.1. The Kier molecular flexibility index (Phi) is 4.81. The number of carbonyl (C=O) groups excluding carboxylic acids is 1. The van der Waals surface area contributed by atoms with Gasteiger partial charge in [0.25, 0.3) is 5.91 Å². The molecule has 0 radical (unpaired) electrons. The molecule has 0 fully saturated rings. The van der Waals surface area contributed by atoms with Crippen molar-refractivity contribution in [3.05, 3.63) is 64.7 Å². The number of anilines is 1. The van der Waals surface area contributed by atoms with Gasteiger partial charge in [0.05, 0.1) is 6.04 Å². The van der Waals surface area contributed by atoms with Crippen molar-refractivity contribution in [2.45, 2.75) is 31.7 Å². The van der Waals surface area contributed by atoms with Crippen LogP contribution < -0.4 is 5.32 Å². The highest BCUT2D eigenvalue weighted by Crippen LogP contribution is 2.36. The molecule has 24 heavy (non-hydrogen) atoms. The minimum atomic E-state index is 0. The Balaban J connectivity index is 0.00000169. The summed E-state index contributed by atoms with van der Waals surface area (Å²) in [5.41, 5.74) is 5.87.